The van der Waals surface area contributed by atoms with Crippen molar-refractivity contribution in [3.63, 3.8) is 0 Å². The van der Waals surface area contributed by atoms with Crippen LogP contribution >= 0.6 is 11.6 Å². The first-order chi connectivity index (χ1) is 8.88. The Balaban J connectivity index is 3.28. The predicted molar refractivity (Wildman–Crippen MR) is 72.7 cm³/mol. The van der Waals surface area contributed by atoms with Crippen molar-refractivity contribution in [3.05, 3.63) is 33.3 Å². The molecule has 0 atom stereocenters. The first-order valence-corrected chi connectivity index (χ1v) is 6.20. The molecule has 0 aliphatic carbocycles. The Morgan fingerprint density at radius 2 is 2.05 bits per heavy atom. The number of hydrogen-bond donors (Lipinski definition) is 2. The lowest BCUT2D eigenvalue weighted by Crippen LogP contribution is -2.45. The third-order valence-corrected chi connectivity index (χ3v) is 3.46. The summed E-state index contributed by atoms with van der Waals surface area (Å²) in [6.07, 6.45) is 0.588. The van der Waals surface area contributed by atoms with Crippen LogP contribution in [0.3, 0.4) is 0 Å². The molecule has 7 heteroatoms. The molecule has 0 fully saturated rings. The van der Waals surface area contributed by atoms with Crippen LogP contribution in [0.1, 0.15) is 26.7 Å². The summed E-state index contributed by atoms with van der Waals surface area (Å²) in [5.41, 5.74) is -1.43. The van der Waals surface area contributed by atoms with E-state index in [0.717, 1.165) is 0 Å². The van der Waals surface area contributed by atoms with Crippen LogP contribution in [0.15, 0.2) is 18.2 Å². The molecular formula is C12H15ClN2O4. The number of halogens is 1. The van der Waals surface area contributed by atoms with Gasteiger partial charge in [0.1, 0.15) is 16.2 Å². The predicted octanol–water partition coefficient (Wildman–Crippen LogP) is 3.30. The van der Waals surface area contributed by atoms with Crippen LogP contribution in [0.25, 0.3) is 0 Å². The zero-order chi connectivity index (χ0) is 14.6. The molecule has 0 bridgehead atoms. The minimum atomic E-state index is -1.24. The molecule has 1 rings (SSSR count). The van der Waals surface area contributed by atoms with Crippen molar-refractivity contribution < 1.29 is 14.8 Å². The number of aliphatic carboxylic acids is 1. The van der Waals surface area contributed by atoms with E-state index in [1.807, 2.05) is 0 Å². The molecule has 0 saturated heterocycles. The molecule has 1 aromatic carbocycles. The second-order valence-electron chi connectivity index (χ2n) is 4.11. The van der Waals surface area contributed by atoms with Crippen molar-refractivity contribution in [1.82, 2.24) is 0 Å². The summed E-state index contributed by atoms with van der Waals surface area (Å²) in [7, 11) is 0. The van der Waals surface area contributed by atoms with E-state index >= 15 is 0 Å². The Hall–Kier alpha value is -1.82. The van der Waals surface area contributed by atoms with Crippen molar-refractivity contribution >= 4 is 28.9 Å². The number of carboxylic acids is 1. The summed E-state index contributed by atoms with van der Waals surface area (Å²) in [6, 6.07) is 4.38. The summed E-state index contributed by atoms with van der Waals surface area (Å²) in [5, 5.41) is 23.1. The molecular weight excluding hydrogens is 272 g/mol. The van der Waals surface area contributed by atoms with Gasteiger partial charge in [0.05, 0.1) is 4.92 Å². The fraction of sp³-hybridized carbons (Fsp3) is 0.417. The van der Waals surface area contributed by atoms with Gasteiger partial charge >= 0.3 is 11.7 Å². The van der Waals surface area contributed by atoms with Gasteiger partial charge in [0.25, 0.3) is 0 Å². The van der Waals surface area contributed by atoms with Crippen LogP contribution in [0, 0.1) is 10.1 Å². The Bertz CT molecular complexity index is 501. The van der Waals surface area contributed by atoms with Gasteiger partial charge in [-0.05, 0) is 25.0 Å². The summed E-state index contributed by atoms with van der Waals surface area (Å²) in [6.45, 7) is 3.42. The van der Waals surface area contributed by atoms with E-state index in [1.165, 1.54) is 18.2 Å². The van der Waals surface area contributed by atoms with Gasteiger partial charge in [-0.25, -0.2) is 4.79 Å². The number of nitro benzene ring substituents is 1. The smallest absolute Gasteiger partial charge is 0.329 e. The highest BCUT2D eigenvalue weighted by Gasteiger charge is 2.36. The summed E-state index contributed by atoms with van der Waals surface area (Å²) in [4.78, 5) is 21.8. The van der Waals surface area contributed by atoms with Crippen LogP contribution in [0.5, 0.6) is 0 Å². The van der Waals surface area contributed by atoms with Gasteiger partial charge in [-0.2, -0.15) is 0 Å². The normalized spacial score (nSPS) is 11.1. The van der Waals surface area contributed by atoms with E-state index in [0.29, 0.717) is 12.8 Å². The number of nitro groups is 1. The minimum Gasteiger partial charge on any atom is -0.480 e. The Kier molecular flexibility index (Phi) is 4.72. The fourth-order valence-electron chi connectivity index (χ4n) is 1.84. The van der Waals surface area contributed by atoms with Gasteiger partial charge < -0.3 is 10.4 Å². The van der Waals surface area contributed by atoms with Crippen LogP contribution in [-0.4, -0.2) is 21.5 Å². The molecule has 0 unspecified atom stereocenters. The maximum Gasteiger partial charge on any atom is 0.329 e. The van der Waals surface area contributed by atoms with Gasteiger partial charge in [-0.3, -0.25) is 10.1 Å². The molecule has 0 radical (unpaired) electrons. The highest BCUT2D eigenvalue weighted by molar-refractivity contribution is 6.33. The van der Waals surface area contributed by atoms with E-state index in [1.54, 1.807) is 13.8 Å². The third kappa shape index (κ3) is 2.96. The monoisotopic (exact) mass is 286 g/mol. The first-order valence-electron chi connectivity index (χ1n) is 5.82. The second-order valence-corrected chi connectivity index (χ2v) is 4.52. The van der Waals surface area contributed by atoms with Gasteiger partial charge in [-0.15, -0.1) is 0 Å². The molecule has 1 aromatic rings. The topological polar surface area (TPSA) is 92.5 Å². The molecule has 0 spiro atoms. The van der Waals surface area contributed by atoms with Gasteiger partial charge in [0.15, 0.2) is 0 Å². The number of rotatable bonds is 6. The van der Waals surface area contributed by atoms with Crippen molar-refractivity contribution in [2.45, 2.75) is 32.2 Å². The maximum atomic E-state index is 11.4. The first kappa shape index (κ1) is 15.2. The van der Waals surface area contributed by atoms with Crippen LogP contribution < -0.4 is 5.32 Å². The van der Waals surface area contributed by atoms with Crippen LogP contribution in [0.2, 0.25) is 5.02 Å². The van der Waals surface area contributed by atoms with E-state index in [2.05, 4.69) is 5.32 Å². The lowest BCUT2D eigenvalue weighted by molar-refractivity contribution is -0.383. The van der Waals surface area contributed by atoms with E-state index in [-0.39, 0.29) is 16.4 Å². The summed E-state index contributed by atoms with van der Waals surface area (Å²) in [5.74, 6) is -1.05. The number of para-hydroxylation sites is 1. The minimum absolute atomic E-state index is 0.0264. The molecule has 104 valence electrons. The molecule has 0 aromatic heterocycles. The lowest BCUT2D eigenvalue weighted by Gasteiger charge is -2.29. The number of benzene rings is 1. The van der Waals surface area contributed by atoms with E-state index in [9.17, 15) is 20.0 Å². The number of hydrogen-bond acceptors (Lipinski definition) is 4. The summed E-state index contributed by atoms with van der Waals surface area (Å²) < 4.78 is 0. The molecule has 0 aliphatic rings. The number of anilines is 1. The number of nitrogens with zero attached hydrogens (tertiary/aromatic N) is 1. The van der Waals surface area contributed by atoms with Gasteiger partial charge in [0.2, 0.25) is 0 Å². The highest BCUT2D eigenvalue weighted by Crippen LogP contribution is 2.35. The average Bonchev–Trinajstić information content (AvgIpc) is 2.35. The van der Waals surface area contributed by atoms with E-state index < -0.39 is 16.4 Å². The van der Waals surface area contributed by atoms with Gasteiger partial charge in [0, 0.05) is 0 Å². The Labute approximate surface area is 115 Å². The van der Waals surface area contributed by atoms with Crippen molar-refractivity contribution in [3.8, 4) is 0 Å². The van der Waals surface area contributed by atoms with Gasteiger partial charge in [-0.1, -0.05) is 31.5 Å². The molecule has 19 heavy (non-hydrogen) atoms. The molecule has 0 saturated carbocycles. The zero-order valence-electron chi connectivity index (χ0n) is 10.6. The quantitative estimate of drug-likeness (QED) is 0.618. The standard InChI is InChI=1S/C12H15ClN2O4/c1-3-12(4-2,11(16)17)14-9-7-5-6-8(13)10(9)15(18)19/h5-7,14H,3-4H2,1-2H3,(H,16,17). The second kappa shape index (κ2) is 5.88. The van der Waals surface area contributed by atoms with E-state index in [4.69, 9.17) is 11.6 Å². The molecule has 6 nitrogen and oxygen atoms in total. The molecule has 0 aliphatic heterocycles. The summed E-state index contributed by atoms with van der Waals surface area (Å²) >= 11 is 5.79. The largest absolute Gasteiger partial charge is 0.480 e. The van der Waals surface area contributed by atoms with Crippen LogP contribution in [0.4, 0.5) is 11.4 Å². The average molecular weight is 287 g/mol. The third-order valence-electron chi connectivity index (χ3n) is 3.16. The SMILES string of the molecule is CCC(CC)(Nc1cccc(Cl)c1[N+](=O)[O-])C(=O)O. The Morgan fingerprint density at radius 3 is 2.47 bits per heavy atom. The highest BCUT2D eigenvalue weighted by atomic mass is 35.5. The van der Waals surface area contributed by atoms with Crippen LogP contribution in [-0.2, 0) is 4.79 Å². The molecule has 0 heterocycles. The van der Waals surface area contributed by atoms with Crippen molar-refractivity contribution in [1.29, 1.82) is 0 Å². The number of carbonyl (C=O) groups is 1. The number of carboxylic acid groups (broad SMARTS) is 1. The lowest BCUT2D eigenvalue weighted by atomic mass is 9.92. The maximum absolute atomic E-state index is 11.4. The zero-order valence-corrected chi connectivity index (χ0v) is 11.4. The Morgan fingerprint density at radius 1 is 1.47 bits per heavy atom. The fourth-order valence-corrected chi connectivity index (χ4v) is 2.09. The number of nitrogens with one attached hydrogen (secondary N) is 1. The molecule has 0 amide bonds. The van der Waals surface area contributed by atoms with Crippen molar-refractivity contribution in [2.24, 2.45) is 0 Å². The molecule has 2 N–H and O–H groups in total. The van der Waals surface area contributed by atoms with Crippen molar-refractivity contribution in [2.75, 3.05) is 5.32 Å².